The van der Waals surface area contributed by atoms with Crippen LogP contribution in [0.2, 0.25) is 0 Å². The van der Waals surface area contributed by atoms with Crippen LogP contribution in [0.1, 0.15) is 40.4 Å². The molecule has 6 rings (SSSR count). The van der Waals surface area contributed by atoms with Crippen LogP contribution in [0.25, 0.3) is 11.5 Å². The lowest BCUT2D eigenvalue weighted by molar-refractivity contribution is 0.0930. The van der Waals surface area contributed by atoms with Crippen molar-refractivity contribution in [2.75, 3.05) is 7.11 Å². The van der Waals surface area contributed by atoms with Gasteiger partial charge in [-0.25, -0.2) is 0 Å². The van der Waals surface area contributed by atoms with Gasteiger partial charge in [0.15, 0.2) is 11.2 Å². The zero-order valence-corrected chi connectivity index (χ0v) is 23.3. The predicted molar refractivity (Wildman–Crippen MR) is 152 cm³/mol. The average molecular weight is 620 g/mol. The van der Waals surface area contributed by atoms with Crippen LogP contribution in [-0.4, -0.2) is 34.4 Å². The van der Waals surface area contributed by atoms with Gasteiger partial charge >= 0.3 is 0 Å². The van der Waals surface area contributed by atoms with E-state index in [1.807, 2.05) is 25.2 Å². The van der Waals surface area contributed by atoms with E-state index in [0.29, 0.717) is 22.0 Å². The lowest BCUT2D eigenvalue weighted by Gasteiger charge is -2.31. The summed E-state index contributed by atoms with van der Waals surface area (Å²) in [5.74, 6) is -3.01. The van der Waals surface area contributed by atoms with E-state index in [0.717, 1.165) is 13.2 Å². The summed E-state index contributed by atoms with van der Waals surface area (Å²) in [5, 5.41) is 34.8. The minimum atomic E-state index is -1.95. The van der Waals surface area contributed by atoms with Gasteiger partial charge in [-0.1, -0.05) is 40.2 Å². The second-order valence-corrected chi connectivity index (χ2v) is 11.0. The van der Waals surface area contributed by atoms with Crippen LogP contribution in [0.4, 0.5) is 0 Å². The van der Waals surface area contributed by atoms with Crippen LogP contribution in [-0.2, 0) is 18.3 Å². The molecule has 1 amide bonds. The van der Waals surface area contributed by atoms with E-state index in [1.54, 1.807) is 6.08 Å². The fourth-order valence-electron chi connectivity index (χ4n) is 6.47. The number of carbonyl (C=O) groups is 1. The number of phenolic OH excluding ortho intramolecular Hbond substituents is 1. The monoisotopic (exact) mass is 619 g/mol. The Morgan fingerprint density at radius 3 is 2.24 bits per heavy atom. The minimum Gasteiger partial charge on any atom is -0.510 e. The van der Waals surface area contributed by atoms with Crippen molar-refractivity contribution < 1.29 is 24.9 Å². The number of aromatic hydroxyl groups is 1. The summed E-state index contributed by atoms with van der Waals surface area (Å²) in [5.41, 5.74) is -5.19. The van der Waals surface area contributed by atoms with Crippen LogP contribution in [0.3, 0.4) is 0 Å². The molecule has 10 nitrogen and oxygen atoms in total. The van der Waals surface area contributed by atoms with Gasteiger partial charge in [-0.05, 0) is 37.3 Å². The SMILES string of the molecule is CC=CC=CC1Cc2c(Br)c3c(c(O)c2C(=O)N1)C1(CC3)C(O)=c2c(=O)c3c(=O)cc(OC)c(=O)c=3c(=O)c2=C1O. The van der Waals surface area contributed by atoms with Crippen molar-refractivity contribution in [3.05, 3.63) is 119 Å². The Morgan fingerprint density at radius 1 is 0.951 bits per heavy atom. The molecule has 0 saturated carbocycles. The molecule has 1 aromatic carbocycles. The molecule has 0 fully saturated rings. The maximum absolute atomic E-state index is 13.6. The topological polar surface area (TPSA) is 167 Å². The Morgan fingerprint density at radius 2 is 1.61 bits per heavy atom. The Hall–Kier alpha value is -4.51. The molecule has 1 spiro atoms. The van der Waals surface area contributed by atoms with Gasteiger partial charge in [0.05, 0.1) is 39.6 Å². The molecular formula is C30H22BrNO9. The predicted octanol–water partition coefficient (Wildman–Crippen LogP) is 0.221. The summed E-state index contributed by atoms with van der Waals surface area (Å²) in [7, 11) is 1.13. The van der Waals surface area contributed by atoms with Gasteiger partial charge in [0.2, 0.25) is 16.3 Å². The fraction of sp³-hybridized carbons (Fsp3) is 0.233. The first-order valence-corrected chi connectivity index (χ1v) is 13.5. The van der Waals surface area contributed by atoms with Crippen molar-refractivity contribution >= 4 is 33.4 Å². The van der Waals surface area contributed by atoms with Crippen LogP contribution in [0, 0.1) is 10.4 Å². The third-order valence-corrected chi connectivity index (χ3v) is 9.23. The van der Waals surface area contributed by atoms with E-state index in [4.69, 9.17) is 4.74 Å². The van der Waals surface area contributed by atoms with Gasteiger partial charge in [0.25, 0.3) is 5.91 Å². The first-order chi connectivity index (χ1) is 19.5. The van der Waals surface area contributed by atoms with E-state index in [1.165, 1.54) is 0 Å². The van der Waals surface area contributed by atoms with Gasteiger partial charge in [-0.15, -0.1) is 0 Å². The van der Waals surface area contributed by atoms with Crippen molar-refractivity contribution in [1.29, 1.82) is 0 Å². The van der Waals surface area contributed by atoms with Gasteiger partial charge < -0.3 is 25.4 Å². The second kappa shape index (κ2) is 9.00. The molecule has 2 atom stereocenters. The summed E-state index contributed by atoms with van der Waals surface area (Å²) < 4.78 is 5.40. The lowest BCUT2D eigenvalue weighted by atomic mass is 9.77. The number of ether oxygens (including phenoxy) is 1. The van der Waals surface area contributed by atoms with Crippen molar-refractivity contribution in [3.8, 4) is 11.5 Å². The number of halogens is 1. The zero-order chi connectivity index (χ0) is 29.5. The number of aliphatic hydroxyl groups is 2. The number of fused-ring (bicyclic) bond motifs is 4. The molecule has 0 radical (unpaired) electrons. The maximum atomic E-state index is 13.6. The number of carbonyl (C=O) groups excluding carboxylic acids is 1. The van der Waals surface area contributed by atoms with Gasteiger partial charge in [-0.2, -0.15) is 0 Å². The molecule has 208 valence electrons. The molecule has 0 aromatic heterocycles. The van der Waals surface area contributed by atoms with E-state index in [-0.39, 0.29) is 30.0 Å². The van der Waals surface area contributed by atoms with Crippen LogP contribution < -0.4 is 42.2 Å². The molecule has 0 saturated heterocycles. The molecule has 5 aliphatic rings. The standard InChI is InChI=1S/C30H22BrNO9/c1-3-4-5-6-11-9-13-16(29(40)32-11)26(37)21-12(22(13)31)7-8-30(21)27(38)19-20(28(30)39)25(36)18-17(24(19)35)14(33)10-15(41-2)23(18)34/h3-6,10-11,37-39H,7-9H2,1-2H3,(H,32,40). The van der Waals surface area contributed by atoms with Gasteiger partial charge in [-0.3, -0.25) is 24.0 Å². The molecule has 4 aliphatic carbocycles. The summed E-state index contributed by atoms with van der Waals surface area (Å²) in [6.45, 7) is 1.86. The van der Waals surface area contributed by atoms with Crippen molar-refractivity contribution in [1.82, 2.24) is 5.32 Å². The van der Waals surface area contributed by atoms with Crippen LogP contribution >= 0.6 is 15.9 Å². The van der Waals surface area contributed by atoms with Crippen molar-refractivity contribution in [2.24, 2.45) is 0 Å². The van der Waals surface area contributed by atoms with E-state index in [2.05, 4.69) is 21.2 Å². The molecule has 1 aliphatic heterocycles. The number of methoxy groups -OCH3 is 1. The van der Waals surface area contributed by atoms with Crippen LogP contribution in [0.15, 0.2) is 54.0 Å². The number of rotatable bonds is 3. The number of allylic oxidation sites excluding steroid dienone is 3. The number of benzene rings is 1. The van der Waals surface area contributed by atoms with E-state index < -0.39 is 76.9 Å². The first-order valence-electron chi connectivity index (χ1n) is 12.7. The second-order valence-electron chi connectivity index (χ2n) is 10.2. The molecule has 41 heavy (non-hydrogen) atoms. The Labute approximate surface area is 238 Å². The largest absolute Gasteiger partial charge is 0.510 e. The minimum absolute atomic E-state index is 0.0301. The molecule has 2 unspecified atom stereocenters. The quantitative estimate of drug-likeness (QED) is 0.300. The fourth-order valence-corrected chi connectivity index (χ4v) is 7.23. The number of amides is 1. The third kappa shape index (κ3) is 3.26. The molecular weight excluding hydrogens is 598 g/mol. The summed E-state index contributed by atoms with van der Waals surface area (Å²) in [6.07, 6.45) is 7.72. The molecule has 4 N–H and O–H groups in total. The highest BCUT2D eigenvalue weighted by atomic mass is 79.9. The zero-order valence-electron chi connectivity index (χ0n) is 21.8. The number of phenols is 1. The summed E-state index contributed by atoms with van der Waals surface area (Å²) in [4.78, 5) is 66.1. The van der Waals surface area contributed by atoms with E-state index in [9.17, 15) is 39.3 Å². The average Bonchev–Trinajstić information content (AvgIpc) is 3.45. The van der Waals surface area contributed by atoms with E-state index >= 15 is 0 Å². The number of aliphatic hydroxyl groups excluding tert-OH is 2. The summed E-state index contributed by atoms with van der Waals surface area (Å²) in [6, 6.07) is 0.437. The normalized spacial score (nSPS) is 21.2. The van der Waals surface area contributed by atoms with Gasteiger partial charge in [0, 0.05) is 16.1 Å². The third-order valence-electron chi connectivity index (χ3n) is 8.27. The highest BCUT2D eigenvalue weighted by molar-refractivity contribution is 9.10. The van der Waals surface area contributed by atoms with Crippen molar-refractivity contribution in [2.45, 2.75) is 37.6 Å². The molecule has 0 bridgehead atoms. The van der Waals surface area contributed by atoms with Gasteiger partial charge in [0.1, 0.15) is 22.7 Å². The smallest absolute Gasteiger partial charge is 0.255 e. The Bertz CT molecular complexity index is 2210. The summed E-state index contributed by atoms with van der Waals surface area (Å²) >= 11 is 3.56. The van der Waals surface area contributed by atoms with Crippen LogP contribution in [0.5, 0.6) is 11.5 Å². The lowest BCUT2D eigenvalue weighted by Crippen LogP contribution is -2.51. The molecule has 1 aromatic rings. The molecule has 1 heterocycles. The first kappa shape index (κ1) is 26.7. The molecule has 11 heteroatoms. The number of nitrogens with one attached hydrogen (secondary N) is 1. The highest BCUT2D eigenvalue weighted by Crippen LogP contribution is 2.56. The Kier molecular flexibility index (Phi) is 5.86. The highest BCUT2D eigenvalue weighted by Gasteiger charge is 2.54. The van der Waals surface area contributed by atoms with Crippen molar-refractivity contribution in [3.63, 3.8) is 0 Å². The maximum Gasteiger partial charge on any atom is 0.255 e. The Balaban J connectivity index is 1.70. The number of hydrogen-bond acceptors (Lipinski definition) is 9. The number of hydrogen-bond donors (Lipinski definition) is 4.